The van der Waals surface area contributed by atoms with Crippen molar-refractivity contribution in [1.82, 2.24) is 0 Å². The van der Waals surface area contributed by atoms with Gasteiger partial charge < -0.3 is 9.11 Å². The smallest absolute Gasteiger partial charge is 0.747 e. The monoisotopic (exact) mass is 230 g/mol. The molecule has 74 valence electrons. The molecule has 0 saturated heterocycles. The Morgan fingerprint density at radius 2 is 1.29 bits per heavy atom. The Morgan fingerprint density at radius 3 is 1.36 bits per heavy atom. The quantitative estimate of drug-likeness (QED) is 0.350. The van der Waals surface area contributed by atoms with Gasteiger partial charge in [0.2, 0.25) is 0 Å². The fraction of sp³-hybridized carbons (Fsp3) is 1.00. The zero-order chi connectivity index (χ0) is 9.99. The summed E-state index contributed by atoms with van der Waals surface area (Å²) in [4.78, 5) is 0. The summed E-state index contributed by atoms with van der Waals surface area (Å²) in [5, 5.41) is 0. The second kappa shape index (κ2) is 7.31. The minimum Gasteiger partial charge on any atom is -0.747 e. The molecular weight excluding hydrogens is 222 g/mol. The van der Waals surface area contributed by atoms with Gasteiger partial charge in [-0.15, -0.1) is 0 Å². The third-order valence-corrected chi connectivity index (χ3v) is 4.34. The van der Waals surface area contributed by atoms with Gasteiger partial charge in [0.05, 0.1) is 0 Å². The molecule has 0 amide bonds. The van der Waals surface area contributed by atoms with E-state index in [2.05, 4.69) is 0 Å². The van der Waals surface area contributed by atoms with Crippen LogP contribution < -0.4 is 37.7 Å². The van der Waals surface area contributed by atoms with Crippen molar-refractivity contribution < 1.29 is 63.7 Å². The third-order valence-electron chi connectivity index (χ3n) is 1.17. The summed E-state index contributed by atoms with van der Waals surface area (Å²) in [5.41, 5.74) is 0. The van der Waals surface area contributed by atoms with Crippen LogP contribution in [0.1, 0.15) is 19.8 Å². The van der Waals surface area contributed by atoms with Gasteiger partial charge in [-0.1, -0.05) is 13.3 Å². The molecule has 0 aliphatic carbocycles. The zero-order valence-corrected chi connectivity index (χ0v) is 9.89. The molecule has 0 spiro atoms. The summed E-state index contributed by atoms with van der Waals surface area (Å²) >= 11 is 0. The van der Waals surface area contributed by atoms with Crippen LogP contribution in [0.5, 0.6) is 0 Å². The maximum atomic E-state index is 10.2. The molecule has 0 heterocycles. The molecule has 0 aliphatic rings. The summed E-state index contributed by atoms with van der Waals surface area (Å²) in [5.74, 6) is 0. The van der Waals surface area contributed by atoms with Crippen molar-refractivity contribution in [2.45, 2.75) is 24.3 Å². The molecule has 0 aromatic rings. The second-order valence-corrected chi connectivity index (χ2v) is 5.61. The topological polar surface area (TPSA) is 114 Å². The largest absolute Gasteiger partial charge is 1.00 e. The summed E-state index contributed by atoms with van der Waals surface area (Å²) < 4.78 is 59.1. The van der Waals surface area contributed by atoms with Gasteiger partial charge in [-0.2, -0.15) is 0 Å². The Labute approximate surface area is 108 Å². The predicted molar refractivity (Wildman–Crippen MR) is 38.1 cm³/mol. The van der Waals surface area contributed by atoms with Gasteiger partial charge >= 0.3 is 37.7 Å². The fourth-order valence-corrected chi connectivity index (χ4v) is 2.87. The molecule has 0 bridgehead atoms. The van der Waals surface area contributed by atoms with Crippen LogP contribution in [-0.2, 0) is 20.2 Å². The summed E-state index contributed by atoms with van der Waals surface area (Å²) in [6.45, 7) is 1.48. The Bertz CT molecular complexity index is 301. The Hall–Kier alpha value is 1.01. The van der Waals surface area contributed by atoms with Gasteiger partial charge in [0.25, 0.3) is 0 Å². The number of rotatable bonds is 4. The second-order valence-electron chi connectivity index (χ2n) is 2.20. The average molecular weight is 230 g/mol. The SMILES string of the molecule is CCCC(S(=O)(=O)[O-])S(=O)(=O)[O-].[Li+].[Li+]. The van der Waals surface area contributed by atoms with Crippen LogP contribution in [0, 0.1) is 0 Å². The molecule has 6 nitrogen and oxygen atoms in total. The Morgan fingerprint density at radius 1 is 1.00 bits per heavy atom. The summed E-state index contributed by atoms with van der Waals surface area (Å²) in [7, 11) is -10.1. The van der Waals surface area contributed by atoms with Gasteiger partial charge in [-0.05, 0) is 6.42 Å². The molecule has 14 heavy (non-hydrogen) atoms. The van der Waals surface area contributed by atoms with Gasteiger partial charge in [0, 0.05) is 0 Å². The van der Waals surface area contributed by atoms with Crippen LogP contribution in [0.2, 0.25) is 0 Å². The molecular formula is C4H8Li2O6S2. The molecule has 0 aromatic carbocycles. The Kier molecular flexibility index (Phi) is 10.7. The average Bonchev–Trinajstić information content (AvgIpc) is 1.77. The minimum absolute atomic E-state index is 0. The number of hydrogen-bond donors (Lipinski definition) is 0. The Balaban J connectivity index is -0.000000605. The third kappa shape index (κ3) is 7.33. The summed E-state index contributed by atoms with van der Waals surface area (Å²) in [6.07, 6.45) is -0.300. The first-order valence-corrected chi connectivity index (χ1v) is 6.03. The molecule has 0 unspecified atom stereocenters. The van der Waals surface area contributed by atoms with E-state index in [0.29, 0.717) is 0 Å². The zero-order valence-electron chi connectivity index (χ0n) is 8.26. The van der Waals surface area contributed by atoms with Gasteiger partial charge in [-0.25, -0.2) is 16.8 Å². The molecule has 0 saturated carbocycles. The first-order chi connectivity index (χ1) is 5.19. The van der Waals surface area contributed by atoms with E-state index in [0.717, 1.165) is 0 Å². The fourth-order valence-electron chi connectivity index (χ4n) is 0.669. The first kappa shape index (κ1) is 20.4. The van der Waals surface area contributed by atoms with Gasteiger partial charge in [-0.3, -0.25) is 0 Å². The maximum absolute atomic E-state index is 10.2. The van der Waals surface area contributed by atoms with Crippen LogP contribution in [0.3, 0.4) is 0 Å². The van der Waals surface area contributed by atoms with Crippen molar-refractivity contribution >= 4 is 20.2 Å². The van der Waals surface area contributed by atoms with E-state index in [1.165, 1.54) is 6.92 Å². The van der Waals surface area contributed by atoms with Gasteiger partial charge in [0.1, 0.15) is 24.8 Å². The summed E-state index contributed by atoms with van der Waals surface area (Å²) in [6, 6.07) is 0. The van der Waals surface area contributed by atoms with Crippen LogP contribution in [0.4, 0.5) is 0 Å². The standard InChI is InChI=1S/C4H10O6S2.2Li/c1-2-3-4(11(5,6)7)12(8,9)10;;/h4H,2-3H2,1H3,(H,5,6,7)(H,8,9,10);;/q;2*+1/p-2. The van der Waals surface area contributed by atoms with E-state index in [4.69, 9.17) is 0 Å². The molecule has 0 fully saturated rings. The molecule has 0 aromatic heterocycles. The molecule has 0 rings (SSSR count). The van der Waals surface area contributed by atoms with Crippen molar-refractivity contribution in [2.75, 3.05) is 0 Å². The molecule has 0 radical (unpaired) electrons. The van der Waals surface area contributed by atoms with Crippen molar-refractivity contribution in [3.63, 3.8) is 0 Å². The van der Waals surface area contributed by atoms with Crippen LogP contribution in [-0.4, -0.2) is 30.5 Å². The molecule has 0 atom stereocenters. The van der Waals surface area contributed by atoms with E-state index < -0.39 is 31.2 Å². The van der Waals surface area contributed by atoms with E-state index in [9.17, 15) is 25.9 Å². The normalized spacial score (nSPS) is 11.7. The molecule has 10 heteroatoms. The van der Waals surface area contributed by atoms with E-state index >= 15 is 0 Å². The van der Waals surface area contributed by atoms with Gasteiger partial charge in [0.15, 0.2) is 0 Å². The van der Waals surface area contributed by atoms with Crippen LogP contribution in [0.25, 0.3) is 0 Å². The van der Waals surface area contributed by atoms with Crippen molar-refractivity contribution in [1.29, 1.82) is 0 Å². The van der Waals surface area contributed by atoms with E-state index in [1.807, 2.05) is 0 Å². The van der Waals surface area contributed by atoms with Crippen LogP contribution >= 0.6 is 0 Å². The van der Waals surface area contributed by atoms with E-state index in [-0.39, 0.29) is 44.1 Å². The van der Waals surface area contributed by atoms with Crippen LogP contribution in [0.15, 0.2) is 0 Å². The first-order valence-electron chi connectivity index (χ1n) is 3.09. The van der Waals surface area contributed by atoms with Crippen molar-refractivity contribution in [2.24, 2.45) is 0 Å². The predicted octanol–water partition coefficient (Wildman–Crippen LogP) is -6.79. The maximum Gasteiger partial charge on any atom is 1.00 e. The minimum atomic E-state index is -5.04. The van der Waals surface area contributed by atoms with Crippen molar-refractivity contribution in [3.8, 4) is 0 Å². The van der Waals surface area contributed by atoms with E-state index in [1.54, 1.807) is 0 Å². The number of hydrogen-bond acceptors (Lipinski definition) is 6. The van der Waals surface area contributed by atoms with Crippen molar-refractivity contribution in [3.05, 3.63) is 0 Å². The molecule has 0 aliphatic heterocycles. The molecule has 0 N–H and O–H groups in total.